The summed E-state index contributed by atoms with van der Waals surface area (Å²) in [5, 5.41) is 4.16. The Morgan fingerprint density at radius 3 is 2.45 bits per heavy atom. The van der Waals surface area contributed by atoms with Gasteiger partial charge in [0.15, 0.2) is 5.13 Å². The van der Waals surface area contributed by atoms with Gasteiger partial charge in [0, 0.05) is 10.4 Å². The van der Waals surface area contributed by atoms with E-state index >= 15 is 0 Å². The number of methoxy groups -OCH3 is 1. The lowest BCUT2D eigenvalue weighted by Crippen LogP contribution is -2.30. The number of hydrogen-bond donors (Lipinski definition) is 1. The highest BCUT2D eigenvalue weighted by molar-refractivity contribution is 7.15. The van der Waals surface area contributed by atoms with E-state index in [0.717, 1.165) is 21.2 Å². The van der Waals surface area contributed by atoms with E-state index < -0.39 is 11.8 Å². The van der Waals surface area contributed by atoms with Crippen LogP contribution in [0.5, 0.6) is 5.75 Å². The van der Waals surface area contributed by atoms with Crippen molar-refractivity contribution in [3.8, 4) is 5.75 Å². The van der Waals surface area contributed by atoms with Crippen LogP contribution in [0.15, 0.2) is 42.5 Å². The van der Waals surface area contributed by atoms with Gasteiger partial charge in [0.2, 0.25) is 0 Å². The van der Waals surface area contributed by atoms with Crippen LogP contribution in [0.3, 0.4) is 0 Å². The average Bonchev–Trinajstić information content (AvgIpc) is 3.28. The minimum atomic E-state index is -0.442. The first-order valence-electron chi connectivity index (χ1n) is 10.4. The van der Waals surface area contributed by atoms with Crippen molar-refractivity contribution in [2.45, 2.75) is 26.7 Å². The average molecular weight is 466 g/mol. The van der Waals surface area contributed by atoms with Crippen molar-refractivity contribution in [3.05, 3.63) is 75.3 Å². The monoisotopic (exact) mass is 465 g/mol. The van der Waals surface area contributed by atoms with Crippen molar-refractivity contribution in [1.29, 1.82) is 0 Å². The van der Waals surface area contributed by atoms with E-state index in [1.807, 2.05) is 19.9 Å². The van der Waals surface area contributed by atoms with Gasteiger partial charge in [-0.2, -0.15) is 0 Å². The summed E-state index contributed by atoms with van der Waals surface area (Å²) in [6.45, 7) is 3.99. The molecule has 2 heterocycles. The van der Waals surface area contributed by atoms with E-state index in [2.05, 4.69) is 10.3 Å². The van der Waals surface area contributed by atoms with E-state index in [9.17, 15) is 14.4 Å². The van der Waals surface area contributed by atoms with Gasteiger partial charge >= 0.3 is 0 Å². The molecule has 0 unspecified atom stereocenters. The first kappa shape index (κ1) is 22.6. The molecule has 170 valence electrons. The molecule has 1 aliphatic rings. The predicted molar refractivity (Wildman–Crippen MR) is 124 cm³/mol. The van der Waals surface area contributed by atoms with Crippen LogP contribution in [0, 0.1) is 13.8 Å². The predicted octanol–water partition coefficient (Wildman–Crippen LogP) is 4.18. The molecule has 1 N–H and O–H groups in total. The first-order valence-corrected chi connectivity index (χ1v) is 11.2. The van der Waals surface area contributed by atoms with Crippen molar-refractivity contribution in [1.82, 2.24) is 10.0 Å². The molecule has 0 aliphatic carbocycles. The molecule has 3 aromatic rings. The number of imide groups is 1. The number of carbonyl (C=O) groups excluding carboxylic acids is 3. The lowest BCUT2D eigenvalue weighted by atomic mass is 10.1. The molecule has 9 heteroatoms. The number of thiazole rings is 1. The number of hydroxylamine groups is 2. The fourth-order valence-corrected chi connectivity index (χ4v) is 4.52. The van der Waals surface area contributed by atoms with E-state index in [-0.39, 0.29) is 12.5 Å². The van der Waals surface area contributed by atoms with Crippen molar-refractivity contribution < 1.29 is 24.0 Å². The third kappa shape index (κ3) is 4.64. The second-order valence-corrected chi connectivity index (χ2v) is 8.64. The molecule has 0 spiro atoms. The Morgan fingerprint density at radius 2 is 1.79 bits per heavy atom. The van der Waals surface area contributed by atoms with Crippen LogP contribution >= 0.6 is 11.3 Å². The molecule has 33 heavy (non-hydrogen) atoms. The summed E-state index contributed by atoms with van der Waals surface area (Å²) in [5.74, 6) is -0.496. The molecule has 0 radical (unpaired) electrons. The number of carbonyl (C=O) groups is 3. The highest BCUT2D eigenvalue weighted by atomic mass is 32.1. The fraction of sp³-hybridized carbons (Fsp3) is 0.250. The van der Waals surface area contributed by atoms with Gasteiger partial charge in [-0.1, -0.05) is 18.2 Å². The van der Waals surface area contributed by atoms with Crippen LogP contribution in [-0.2, 0) is 11.3 Å². The molecule has 1 aliphatic heterocycles. The number of hydrogen-bond acceptors (Lipinski definition) is 7. The third-order valence-corrected chi connectivity index (χ3v) is 6.44. The molecule has 0 saturated carbocycles. The lowest BCUT2D eigenvalue weighted by Gasteiger charge is -2.12. The number of fused-ring (bicyclic) bond motifs is 1. The molecule has 0 bridgehead atoms. The smallest absolute Gasteiger partial charge is 0.285 e. The Kier molecular flexibility index (Phi) is 6.52. The molecule has 1 aromatic heterocycles. The zero-order chi connectivity index (χ0) is 23.5. The van der Waals surface area contributed by atoms with E-state index in [0.29, 0.717) is 40.4 Å². The van der Waals surface area contributed by atoms with Crippen molar-refractivity contribution in [3.63, 3.8) is 0 Å². The Morgan fingerprint density at radius 1 is 1.09 bits per heavy atom. The van der Waals surface area contributed by atoms with Crippen LogP contribution in [0.1, 0.15) is 53.6 Å². The SMILES string of the molecule is COc1cc(C(=O)Nc2nc(C)c(CCCON3C(=O)c4ccccc4C3=O)s2)ccc1C. The Bertz CT molecular complexity index is 1200. The van der Waals surface area contributed by atoms with Gasteiger partial charge in [0.1, 0.15) is 5.75 Å². The molecular formula is C24H23N3O5S. The maximum absolute atomic E-state index is 12.6. The van der Waals surface area contributed by atoms with Gasteiger partial charge < -0.3 is 4.74 Å². The van der Waals surface area contributed by atoms with Gasteiger partial charge in [-0.15, -0.1) is 16.4 Å². The molecule has 4 rings (SSSR count). The zero-order valence-electron chi connectivity index (χ0n) is 18.5. The summed E-state index contributed by atoms with van der Waals surface area (Å²) in [6, 6.07) is 11.9. The van der Waals surface area contributed by atoms with E-state index in [4.69, 9.17) is 9.57 Å². The van der Waals surface area contributed by atoms with Gasteiger partial charge in [0.25, 0.3) is 17.7 Å². The number of aromatic nitrogens is 1. The van der Waals surface area contributed by atoms with Crippen LogP contribution in [0.4, 0.5) is 5.13 Å². The molecule has 0 atom stereocenters. The number of amides is 3. The fourth-order valence-electron chi connectivity index (χ4n) is 3.52. The van der Waals surface area contributed by atoms with Crippen molar-refractivity contribution in [2.75, 3.05) is 19.0 Å². The summed E-state index contributed by atoms with van der Waals surface area (Å²) >= 11 is 1.39. The molecular weight excluding hydrogens is 442 g/mol. The summed E-state index contributed by atoms with van der Waals surface area (Å²) in [6.07, 6.45) is 1.22. The second-order valence-electron chi connectivity index (χ2n) is 7.55. The minimum absolute atomic E-state index is 0.202. The van der Waals surface area contributed by atoms with E-state index in [1.165, 1.54) is 11.3 Å². The Hall–Kier alpha value is -3.56. The van der Waals surface area contributed by atoms with Crippen LogP contribution in [0.25, 0.3) is 0 Å². The van der Waals surface area contributed by atoms with Gasteiger partial charge in [0.05, 0.1) is 30.5 Å². The Labute approximate surface area is 195 Å². The number of rotatable bonds is 8. The van der Waals surface area contributed by atoms with Crippen LogP contribution in [-0.4, -0.2) is 41.5 Å². The van der Waals surface area contributed by atoms with Gasteiger partial charge in [-0.05, 0) is 56.5 Å². The number of aryl methyl sites for hydroxylation is 3. The molecule has 0 fully saturated rings. The maximum atomic E-state index is 12.6. The normalized spacial score (nSPS) is 12.8. The lowest BCUT2D eigenvalue weighted by molar-refractivity contribution is -0.0918. The number of anilines is 1. The standard InChI is InChI=1S/C24H23N3O5S/c1-14-10-11-16(13-19(14)31-3)21(28)26-24-25-15(2)20(33-24)9-6-12-32-27-22(29)17-7-4-5-8-18(17)23(27)30/h4-5,7-8,10-11,13H,6,9,12H2,1-3H3,(H,25,26,28). The zero-order valence-corrected chi connectivity index (χ0v) is 19.3. The topological polar surface area (TPSA) is 97.8 Å². The second kappa shape index (κ2) is 9.51. The molecule has 3 amide bonds. The number of benzene rings is 2. The first-order chi connectivity index (χ1) is 15.9. The van der Waals surface area contributed by atoms with Crippen molar-refractivity contribution in [2.24, 2.45) is 0 Å². The van der Waals surface area contributed by atoms with Gasteiger partial charge in [-0.25, -0.2) is 4.98 Å². The summed E-state index contributed by atoms with van der Waals surface area (Å²) in [5.41, 5.74) is 2.96. The summed E-state index contributed by atoms with van der Waals surface area (Å²) in [7, 11) is 1.57. The summed E-state index contributed by atoms with van der Waals surface area (Å²) in [4.78, 5) is 48.2. The number of nitrogens with one attached hydrogen (secondary N) is 1. The number of nitrogens with zero attached hydrogens (tertiary/aromatic N) is 2. The third-order valence-electron chi connectivity index (χ3n) is 5.31. The molecule has 0 saturated heterocycles. The quantitative estimate of drug-likeness (QED) is 0.396. The Balaban J connectivity index is 1.31. The highest BCUT2D eigenvalue weighted by Crippen LogP contribution is 2.26. The van der Waals surface area contributed by atoms with Crippen LogP contribution in [0.2, 0.25) is 0 Å². The molecule has 2 aromatic carbocycles. The molecule has 8 nitrogen and oxygen atoms in total. The number of ether oxygens (including phenoxy) is 1. The minimum Gasteiger partial charge on any atom is -0.496 e. The van der Waals surface area contributed by atoms with Crippen LogP contribution < -0.4 is 10.1 Å². The largest absolute Gasteiger partial charge is 0.496 e. The summed E-state index contributed by atoms with van der Waals surface area (Å²) < 4.78 is 5.28. The van der Waals surface area contributed by atoms with E-state index in [1.54, 1.807) is 43.5 Å². The maximum Gasteiger partial charge on any atom is 0.285 e. The van der Waals surface area contributed by atoms with Gasteiger partial charge in [-0.3, -0.25) is 24.5 Å². The van der Waals surface area contributed by atoms with Crippen molar-refractivity contribution >= 4 is 34.2 Å². The highest BCUT2D eigenvalue weighted by Gasteiger charge is 2.36.